The molecule has 1 aliphatic rings. The summed E-state index contributed by atoms with van der Waals surface area (Å²) in [5, 5.41) is 2.88. The maximum atomic E-state index is 12.4. The summed E-state index contributed by atoms with van der Waals surface area (Å²) in [6, 6.07) is 1.72. The molecule has 0 spiro atoms. The zero-order chi connectivity index (χ0) is 17.1. The zero-order valence-electron chi connectivity index (χ0n) is 14.3. The van der Waals surface area contributed by atoms with Crippen LogP contribution >= 0.6 is 0 Å². The number of pyridine rings is 1. The second kappa shape index (κ2) is 6.95. The predicted octanol–water partition coefficient (Wildman–Crippen LogP) is 2.31. The van der Waals surface area contributed by atoms with Crippen molar-refractivity contribution in [2.24, 2.45) is 0 Å². The van der Waals surface area contributed by atoms with Crippen molar-refractivity contribution in [1.29, 1.82) is 0 Å². The molecule has 2 aromatic heterocycles. The Balaban J connectivity index is 1.75. The lowest BCUT2D eigenvalue weighted by Crippen LogP contribution is -2.25. The number of amides is 1. The smallest absolute Gasteiger partial charge is 0.255 e. The number of rotatable bonds is 4. The highest BCUT2D eigenvalue weighted by molar-refractivity contribution is 5.96. The highest BCUT2D eigenvalue weighted by Gasteiger charge is 2.17. The van der Waals surface area contributed by atoms with E-state index in [4.69, 9.17) is 4.74 Å². The maximum Gasteiger partial charge on any atom is 0.255 e. The Kier molecular flexibility index (Phi) is 4.74. The number of fused-ring (bicyclic) bond motifs is 1. The van der Waals surface area contributed by atoms with Crippen LogP contribution in [-0.4, -0.2) is 28.0 Å². The Labute approximate surface area is 141 Å². The van der Waals surface area contributed by atoms with Crippen LogP contribution in [0.3, 0.4) is 0 Å². The largest absolute Gasteiger partial charge is 0.494 e. The van der Waals surface area contributed by atoms with E-state index >= 15 is 0 Å². The lowest BCUT2D eigenvalue weighted by atomic mass is 9.95. The second-order valence-electron chi connectivity index (χ2n) is 6.07. The molecule has 1 N–H and O–H groups in total. The van der Waals surface area contributed by atoms with E-state index in [9.17, 15) is 4.79 Å². The molecular weight excluding hydrogens is 304 g/mol. The van der Waals surface area contributed by atoms with E-state index in [1.807, 2.05) is 13.8 Å². The fourth-order valence-corrected chi connectivity index (χ4v) is 3.07. The van der Waals surface area contributed by atoms with Crippen molar-refractivity contribution in [3.8, 4) is 5.75 Å². The van der Waals surface area contributed by atoms with Gasteiger partial charge in [0.1, 0.15) is 11.6 Å². The molecule has 0 saturated carbocycles. The average Bonchev–Trinajstić information content (AvgIpc) is 2.59. The summed E-state index contributed by atoms with van der Waals surface area (Å²) in [6.07, 6.45) is 5.99. The van der Waals surface area contributed by atoms with Gasteiger partial charge in [0.2, 0.25) is 0 Å². The van der Waals surface area contributed by atoms with E-state index < -0.39 is 0 Å². The number of aryl methyl sites for hydroxylation is 3. The van der Waals surface area contributed by atoms with E-state index in [2.05, 4.69) is 20.3 Å². The van der Waals surface area contributed by atoms with Gasteiger partial charge in [-0.15, -0.1) is 0 Å². The van der Waals surface area contributed by atoms with Crippen LogP contribution in [0.5, 0.6) is 5.75 Å². The molecule has 0 radical (unpaired) electrons. The first-order valence-electron chi connectivity index (χ1n) is 8.22. The van der Waals surface area contributed by atoms with Crippen molar-refractivity contribution in [2.45, 2.75) is 46.1 Å². The maximum absolute atomic E-state index is 12.4. The van der Waals surface area contributed by atoms with Crippen molar-refractivity contribution in [3.05, 3.63) is 46.3 Å². The Bertz CT molecular complexity index is 774. The first kappa shape index (κ1) is 16.4. The monoisotopic (exact) mass is 326 g/mol. The van der Waals surface area contributed by atoms with Gasteiger partial charge in [0.05, 0.1) is 25.4 Å². The van der Waals surface area contributed by atoms with Crippen molar-refractivity contribution in [3.63, 3.8) is 0 Å². The summed E-state index contributed by atoms with van der Waals surface area (Å²) in [7, 11) is 1.53. The van der Waals surface area contributed by atoms with Crippen molar-refractivity contribution in [1.82, 2.24) is 20.3 Å². The molecule has 0 bridgehead atoms. The summed E-state index contributed by atoms with van der Waals surface area (Å²) in [5.41, 5.74) is 4.68. The summed E-state index contributed by atoms with van der Waals surface area (Å²) in [4.78, 5) is 25.8. The summed E-state index contributed by atoms with van der Waals surface area (Å²) in [5.74, 6) is 0.906. The van der Waals surface area contributed by atoms with Gasteiger partial charge < -0.3 is 10.1 Å². The third kappa shape index (κ3) is 3.37. The van der Waals surface area contributed by atoms with E-state index in [0.29, 0.717) is 23.7 Å². The van der Waals surface area contributed by atoms with Crippen LogP contribution in [0.2, 0.25) is 0 Å². The standard InChI is InChI=1S/C18H22N4O2/c1-11-8-14(16(24-3)9-19-11)18(23)20-10-17-21-12(2)13-6-4-5-7-15(13)22-17/h8-9H,4-7,10H2,1-3H3,(H,20,23). The minimum absolute atomic E-state index is 0.212. The number of carbonyl (C=O) groups is 1. The SMILES string of the molecule is COc1cnc(C)cc1C(=O)NCc1nc(C)c2c(n1)CCCC2. The number of methoxy groups -OCH3 is 1. The molecule has 0 aliphatic heterocycles. The number of ether oxygens (including phenoxy) is 1. The molecule has 0 unspecified atom stereocenters. The van der Waals surface area contributed by atoms with E-state index in [1.165, 1.54) is 25.5 Å². The molecular formula is C18H22N4O2. The second-order valence-corrected chi connectivity index (χ2v) is 6.07. The third-order valence-corrected chi connectivity index (χ3v) is 4.31. The van der Waals surface area contributed by atoms with Crippen LogP contribution < -0.4 is 10.1 Å². The molecule has 0 saturated heterocycles. The molecule has 2 heterocycles. The number of hydrogen-bond acceptors (Lipinski definition) is 5. The molecule has 6 heteroatoms. The van der Waals surface area contributed by atoms with Crippen LogP contribution in [0.25, 0.3) is 0 Å². The minimum Gasteiger partial charge on any atom is -0.494 e. The van der Waals surface area contributed by atoms with Gasteiger partial charge in [0.15, 0.2) is 0 Å². The molecule has 6 nitrogen and oxygen atoms in total. The Morgan fingerprint density at radius 1 is 1.25 bits per heavy atom. The van der Waals surface area contributed by atoms with E-state index in [1.54, 1.807) is 12.3 Å². The number of aromatic nitrogens is 3. The summed E-state index contributed by atoms with van der Waals surface area (Å²) < 4.78 is 5.21. The first-order valence-corrected chi connectivity index (χ1v) is 8.22. The fraction of sp³-hybridized carbons (Fsp3) is 0.444. The fourth-order valence-electron chi connectivity index (χ4n) is 3.07. The molecule has 2 aromatic rings. The van der Waals surface area contributed by atoms with Crippen LogP contribution in [-0.2, 0) is 19.4 Å². The molecule has 0 fully saturated rings. The predicted molar refractivity (Wildman–Crippen MR) is 90.1 cm³/mol. The first-order chi connectivity index (χ1) is 11.6. The Morgan fingerprint density at radius 2 is 2.04 bits per heavy atom. The van der Waals surface area contributed by atoms with Gasteiger partial charge in [-0.25, -0.2) is 9.97 Å². The van der Waals surface area contributed by atoms with Crippen molar-refractivity contribution < 1.29 is 9.53 Å². The van der Waals surface area contributed by atoms with Gasteiger partial charge in [-0.3, -0.25) is 9.78 Å². The summed E-state index contributed by atoms with van der Waals surface area (Å²) in [6.45, 7) is 4.16. The highest BCUT2D eigenvalue weighted by Crippen LogP contribution is 2.22. The number of hydrogen-bond donors (Lipinski definition) is 1. The van der Waals surface area contributed by atoms with Crippen LogP contribution in [0.15, 0.2) is 12.3 Å². The lowest BCUT2D eigenvalue weighted by molar-refractivity contribution is 0.0946. The normalized spacial score (nSPS) is 13.3. The van der Waals surface area contributed by atoms with Gasteiger partial charge in [0, 0.05) is 17.1 Å². The molecule has 0 atom stereocenters. The average molecular weight is 326 g/mol. The number of carbonyl (C=O) groups excluding carboxylic acids is 1. The van der Waals surface area contributed by atoms with Gasteiger partial charge in [-0.1, -0.05) is 0 Å². The molecule has 0 aromatic carbocycles. The van der Waals surface area contributed by atoms with E-state index in [-0.39, 0.29) is 5.91 Å². The summed E-state index contributed by atoms with van der Waals surface area (Å²) >= 11 is 0. The van der Waals surface area contributed by atoms with Gasteiger partial charge in [-0.2, -0.15) is 0 Å². The lowest BCUT2D eigenvalue weighted by Gasteiger charge is -2.17. The van der Waals surface area contributed by atoms with Crippen molar-refractivity contribution in [2.75, 3.05) is 7.11 Å². The van der Waals surface area contributed by atoms with Crippen LogP contribution in [0.4, 0.5) is 0 Å². The molecule has 1 aliphatic carbocycles. The number of nitrogens with one attached hydrogen (secondary N) is 1. The molecule has 1 amide bonds. The Morgan fingerprint density at radius 3 is 2.83 bits per heavy atom. The topological polar surface area (TPSA) is 77.0 Å². The Hall–Kier alpha value is -2.50. The molecule has 3 rings (SSSR count). The van der Waals surface area contributed by atoms with Crippen LogP contribution in [0.1, 0.15) is 51.7 Å². The third-order valence-electron chi connectivity index (χ3n) is 4.31. The van der Waals surface area contributed by atoms with Gasteiger partial charge in [-0.05, 0) is 51.2 Å². The quantitative estimate of drug-likeness (QED) is 0.933. The van der Waals surface area contributed by atoms with Gasteiger partial charge in [0.25, 0.3) is 5.91 Å². The van der Waals surface area contributed by atoms with E-state index in [0.717, 1.165) is 29.9 Å². The minimum atomic E-state index is -0.212. The molecule has 126 valence electrons. The number of nitrogens with zero attached hydrogens (tertiary/aromatic N) is 3. The van der Waals surface area contributed by atoms with Gasteiger partial charge >= 0.3 is 0 Å². The van der Waals surface area contributed by atoms with Crippen molar-refractivity contribution >= 4 is 5.91 Å². The highest BCUT2D eigenvalue weighted by atomic mass is 16.5. The van der Waals surface area contributed by atoms with Crippen LogP contribution in [0, 0.1) is 13.8 Å². The zero-order valence-corrected chi connectivity index (χ0v) is 14.3. The molecule has 24 heavy (non-hydrogen) atoms.